The van der Waals surface area contributed by atoms with E-state index in [1.54, 1.807) is 0 Å². The van der Waals surface area contributed by atoms with Crippen LogP contribution >= 0.6 is 0 Å². The Kier molecular flexibility index (Phi) is 4.20. The smallest absolute Gasteiger partial charge is 0.317 e. The first-order valence-electron chi connectivity index (χ1n) is 5.48. The van der Waals surface area contributed by atoms with E-state index >= 15 is 0 Å². The van der Waals surface area contributed by atoms with Gasteiger partial charge in [-0.3, -0.25) is 0 Å². The Morgan fingerprint density at radius 3 is 2.36 bits per heavy atom. The van der Waals surface area contributed by atoms with Crippen molar-refractivity contribution in [3.8, 4) is 0 Å². The molecule has 3 aliphatic rings. The van der Waals surface area contributed by atoms with Gasteiger partial charge in [0.1, 0.15) is 0 Å². The summed E-state index contributed by atoms with van der Waals surface area (Å²) in [5.41, 5.74) is 0. The fraction of sp³-hybridized carbons (Fsp3) is 0.900. The number of ether oxygens (including phenoxy) is 1. The van der Waals surface area contributed by atoms with Crippen molar-refractivity contribution >= 4 is 6.03 Å². The number of piperidine rings is 1. The first-order valence-corrected chi connectivity index (χ1v) is 5.48. The second-order valence-corrected chi connectivity index (χ2v) is 3.36. The fourth-order valence-corrected chi connectivity index (χ4v) is 1.78. The molecule has 0 radical (unpaired) electrons. The number of fused-ring (bicyclic) bond motifs is 2. The Morgan fingerprint density at radius 1 is 1.43 bits per heavy atom. The summed E-state index contributed by atoms with van der Waals surface area (Å²) < 4.78 is 5.41. The molecule has 1 N–H and O–H groups in total. The monoisotopic (exact) mass is 200 g/mol. The summed E-state index contributed by atoms with van der Waals surface area (Å²) in [5, 5.41) is 2.79. The van der Waals surface area contributed by atoms with Gasteiger partial charge in [-0.1, -0.05) is 13.8 Å². The van der Waals surface area contributed by atoms with Crippen molar-refractivity contribution in [1.82, 2.24) is 10.2 Å². The molecule has 2 unspecified atom stereocenters. The number of hydrogen-bond donors (Lipinski definition) is 1. The Balaban J connectivity index is 0.000000461. The first kappa shape index (κ1) is 11.3. The Bertz CT molecular complexity index is 181. The summed E-state index contributed by atoms with van der Waals surface area (Å²) in [5.74, 6) is 0. The lowest BCUT2D eigenvalue weighted by molar-refractivity contribution is -0.170. The van der Waals surface area contributed by atoms with Gasteiger partial charge in [-0.2, -0.15) is 0 Å². The first-order chi connectivity index (χ1) is 6.79. The van der Waals surface area contributed by atoms with E-state index in [0.29, 0.717) is 18.8 Å². The van der Waals surface area contributed by atoms with Crippen LogP contribution in [0.25, 0.3) is 0 Å². The van der Waals surface area contributed by atoms with E-state index < -0.39 is 0 Å². The number of morpholine rings is 1. The predicted octanol–water partition coefficient (Wildman–Crippen LogP) is 1.22. The average Bonchev–Trinajstić information content (AvgIpc) is 2.20. The molecule has 3 fully saturated rings. The topological polar surface area (TPSA) is 41.6 Å². The number of nitrogens with one attached hydrogen (secondary N) is 1. The molecule has 2 bridgehead atoms. The molecular formula is C10H20N2O2. The van der Waals surface area contributed by atoms with Crippen LogP contribution in [0.2, 0.25) is 0 Å². The Morgan fingerprint density at radius 2 is 1.93 bits per heavy atom. The van der Waals surface area contributed by atoms with Crippen molar-refractivity contribution in [2.75, 3.05) is 19.6 Å². The molecule has 0 aromatic carbocycles. The molecule has 3 saturated heterocycles. The van der Waals surface area contributed by atoms with Crippen LogP contribution in [0.1, 0.15) is 27.2 Å². The maximum atomic E-state index is 11.3. The van der Waals surface area contributed by atoms with Crippen LogP contribution in [-0.4, -0.2) is 42.8 Å². The highest BCUT2D eigenvalue weighted by atomic mass is 16.5. The maximum absolute atomic E-state index is 11.3. The van der Waals surface area contributed by atoms with Crippen molar-refractivity contribution in [3.05, 3.63) is 0 Å². The van der Waals surface area contributed by atoms with Crippen LogP contribution in [0, 0.1) is 0 Å². The fourth-order valence-electron chi connectivity index (χ4n) is 1.78. The molecule has 0 aliphatic carbocycles. The van der Waals surface area contributed by atoms with E-state index in [0.717, 1.165) is 19.5 Å². The van der Waals surface area contributed by atoms with Gasteiger partial charge in [0.2, 0.25) is 0 Å². The number of urea groups is 1. The van der Waals surface area contributed by atoms with Gasteiger partial charge in [0.15, 0.2) is 0 Å². The zero-order valence-electron chi connectivity index (χ0n) is 9.25. The number of nitrogens with zero attached hydrogens (tertiary/aromatic N) is 1. The van der Waals surface area contributed by atoms with Gasteiger partial charge in [0.05, 0.1) is 12.2 Å². The quantitative estimate of drug-likeness (QED) is 0.691. The van der Waals surface area contributed by atoms with E-state index in [2.05, 4.69) is 5.32 Å². The van der Waals surface area contributed by atoms with E-state index in [1.165, 1.54) is 0 Å². The maximum Gasteiger partial charge on any atom is 0.317 e. The third kappa shape index (κ3) is 2.38. The Labute approximate surface area is 85.6 Å². The number of hydrogen-bond acceptors (Lipinski definition) is 2. The minimum Gasteiger partial charge on any atom is -0.371 e. The standard InChI is InChI=1S/C8H14N2O2.C2H6/c1-2-9-8(11)10-4-6-3-7(5-10)12-6;1-2/h6-7H,2-5H2,1H3,(H,9,11);1-2H3. The molecular weight excluding hydrogens is 180 g/mol. The van der Waals surface area contributed by atoms with Gasteiger partial charge in [0, 0.05) is 26.1 Å². The highest BCUT2D eigenvalue weighted by Gasteiger charge is 2.39. The summed E-state index contributed by atoms with van der Waals surface area (Å²) in [6.07, 6.45) is 1.76. The second kappa shape index (κ2) is 5.20. The minimum atomic E-state index is 0.0514. The zero-order chi connectivity index (χ0) is 10.6. The third-order valence-corrected chi connectivity index (χ3v) is 2.37. The summed E-state index contributed by atoms with van der Waals surface area (Å²) in [6.45, 7) is 8.16. The van der Waals surface area contributed by atoms with E-state index in [9.17, 15) is 4.79 Å². The van der Waals surface area contributed by atoms with Crippen molar-refractivity contribution in [1.29, 1.82) is 0 Å². The molecule has 2 amide bonds. The van der Waals surface area contributed by atoms with Gasteiger partial charge in [-0.25, -0.2) is 4.79 Å². The van der Waals surface area contributed by atoms with Gasteiger partial charge in [-0.05, 0) is 6.92 Å². The van der Waals surface area contributed by atoms with Crippen molar-refractivity contribution in [2.24, 2.45) is 0 Å². The largest absolute Gasteiger partial charge is 0.371 e. The van der Waals surface area contributed by atoms with E-state index in [-0.39, 0.29) is 6.03 Å². The molecule has 3 heterocycles. The van der Waals surface area contributed by atoms with Crippen molar-refractivity contribution in [2.45, 2.75) is 39.4 Å². The lowest BCUT2D eigenvalue weighted by Gasteiger charge is -2.46. The molecule has 0 spiro atoms. The molecule has 4 heteroatoms. The summed E-state index contributed by atoms with van der Waals surface area (Å²) in [6, 6.07) is 0.0514. The van der Waals surface area contributed by atoms with Gasteiger partial charge >= 0.3 is 6.03 Å². The Hall–Kier alpha value is -0.770. The van der Waals surface area contributed by atoms with Crippen LogP contribution in [0.5, 0.6) is 0 Å². The van der Waals surface area contributed by atoms with Gasteiger partial charge < -0.3 is 15.0 Å². The molecule has 0 aromatic heterocycles. The molecule has 2 atom stereocenters. The molecule has 0 saturated carbocycles. The number of carbonyl (C=O) groups is 1. The summed E-state index contributed by atoms with van der Waals surface area (Å²) in [7, 11) is 0. The lowest BCUT2D eigenvalue weighted by atomic mass is 9.99. The lowest BCUT2D eigenvalue weighted by Crippen LogP contribution is -2.60. The predicted molar refractivity (Wildman–Crippen MR) is 55.3 cm³/mol. The van der Waals surface area contributed by atoms with Crippen LogP contribution in [0.3, 0.4) is 0 Å². The van der Waals surface area contributed by atoms with Crippen molar-refractivity contribution < 1.29 is 9.53 Å². The molecule has 3 aliphatic heterocycles. The van der Waals surface area contributed by atoms with Crippen LogP contribution in [-0.2, 0) is 4.74 Å². The van der Waals surface area contributed by atoms with Crippen LogP contribution in [0.15, 0.2) is 0 Å². The summed E-state index contributed by atoms with van der Waals surface area (Å²) >= 11 is 0. The van der Waals surface area contributed by atoms with E-state index in [1.807, 2.05) is 25.7 Å². The van der Waals surface area contributed by atoms with E-state index in [4.69, 9.17) is 4.74 Å². The molecule has 4 nitrogen and oxygen atoms in total. The average molecular weight is 200 g/mol. The minimum absolute atomic E-state index is 0.0514. The third-order valence-electron chi connectivity index (χ3n) is 2.37. The van der Waals surface area contributed by atoms with Crippen LogP contribution < -0.4 is 5.32 Å². The van der Waals surface area contributed by atoms with Crippen LogP contribution in [0.4, 0.5) is 4.79 Å². The molecule has 0 aromatic rings. The summed E-state index contributed by atoms with van der Waals surface area (Å²) in [4.78, 5) is 13.2. The molecule has 82 valence electrons. The van der Waals surface area contributed by atoms with Gasteiger partial charge in [0.25, 0.3) is 0 Å². The second-order valence-electron chi connectivity index (χ2n) is 3.36. The highest BCUT2D eigenvalue weighted by Crippen LogP contribution is 2.27. The zero-order valence-corrected chi connectivity index (χ0v) is 9.25. The number of carbonyl (C=O) groups excluding carboxylic acids is 1. The SMILES string of the molecule is CC.CCNC(=O)N1CC2CC(C1)O2. The normalized spacial score (nSPS) is 28.4. The van der Waals surface area contributed by atoms with Gasteiger partial charge in [-0.15, -0.1) is 0 Å². The highest BCUT2D eigenvalue weighted by molar-refractivity contribution is 5.74. The molecule has 3 rings (SSSR count). The number of amides is 2. The van der Waals surface area contributed by atoms with Crippen molar-refractivity contribution in [3.63, 3.8) is 0 Å². The molecule has 14 heavy (non-hydrogen) atoms. The number of rotatable bonds is 1.